The van der Waals surface area contributed by atoms with Crippen molar-refractivity contribution in [2.24, 2.45) is 0 Å². The summed E-state index contributed by atoms with van der Waals surface area (Å²) in [4.78, 5) is 2.29. The van der Waals surface area contributed by atoms with Crippen LogP contribution >= 0.6 is 0 Å². The van der Waals surface area contributed by atoms with Crippen LogP contribution in [0.25, 0.3) is 0 Å². The zero-order chi connectivity index (χ0) is 12.5. The van der Waals surface area contributed by atoms with E-state index >= 15 is 0 Å². The van der Waals surface area contributed by atoms with Crippen molar-refractivity contribution in [2.75, 3.05) is 19.6 Å². The Kier molecular flexibility index (Phi) is 3.45. The molecular weight excluding hydrogens is 222 g/mol. The van der Waals surface area contributed by atoms with Crippen molar-refractivity contribution >= 4 is 0 Å². The van der Waals surface area contributed by atoms with E-state index in [0.717, 1.165) is 25.2 Å². The molecule has 0 atom stereocenters. The van der Waals surface area contributed by atoms with E-state index in [2.05, 4.69) is 24.1 Å². The number of hydrogen-bond acceptors (Lipinski definition) is 2. The molecule has 0 spiro atoms. The van der Waals surface area contributed by atoms with E-state index in [4.69, 9.17) is 0 Å². The summed E-state index contributed by atoms with van der Waals surface area (Å²) in [5.74, 6) is -1.55. The molecule has 17 heavy (non-hydrogen) atoms. The Morgan fingerprint density at radius 3 is 2.71 bits per heavy atom. The van der Waals surface area contributed by atoms with Crippen LogP contribution in [0.15, 0.2) is 18.2 Å². The predicted octanol–water partition coefficient (Wildman–Crippen LogP) is 2.15. The van der Waals surface area contributed by atoms with Crippen molar-refractivity contribution in [3.8, 4) is 0 Å². The molecule has 1 saturated heterocycles. The van der Waals surface area contributed by atoms with E-state index in [9.17, 15) is 8.78 Å². The van der Waals surface area contributed by atoms with Crippen LogP contribution in [-0.2, 0) is 6.54 Å². The standard InChI is InChI=1S/C13H18F2N2/c1-13(2)9-16-5-6-17(13)8-10-3-4-11(14)12(15)7-10/h3-4,7,16H,5-6,8-9H2,1-2H3. The SMILES string of the molecule is CC1(C)CNCCN1Cc1ccc(F)c(F)c1. The Morgan fingerprint density at radius 1 is 1.29 bits per heavy atom. The number of halogens is 2. The average Bonchev–Trinajstić information content (AvgIpc) is 2.26. The molecule has 1 aliphatic heterocycles. The van der Waals surface area contributed by atoms with Gasteiger partial charge < -0.3 is 5.32 Å². The fourth-order valence-electron chi connectivity index (χ4n) is 2.17. The van der Waals surface area contributed by atoms with E-state index in [1.54, 1.807) is 6.07 Å². The quantitative estimate of drug-likeness (QED) is 0.852. The Morgan fingerprint density at radius 2 is 2.06 bits per heavy atom. The van der Waals surface area contributed by atoms with Crippen molar-refractivity contribution < 1.29 is 8.78 Å². The third-order valence-corrected chi connectivity index (χ3v) is 3.33. The molecule has 0 radical (unpaired) electrons. The topological polar surface area (TPSA) is 15.3 Å². The third-order valence-electron chi connectivity index (χ3n) is 3.33. The molecule has 0 unspecified atom stereocenters. The highest BCUT2D eigenvalue weighted by Crippen LogP contribution is 2.20. The summed E-state index contributed by atoms with van der Waals surface area (Å²) in [7, 11) is 0. The first-order chi connectivity index (χ1) is 7.99. The molecule has 2 nitrogen and oxygen atoms in total. The largest absolute Gasteiger partial charge is 0.314 e. The Labute approximate surface area is 101 Å². The lowest BCUT2D eigenvalue weighted by atomic mass is 9.99. The normalized spacial score (nSPS) is 20.5. The highest BCUT2D eigenvalue weighted by atomic mass is 19.2. The van der Waals surface area contributed by atoms with E-state index < -0.39 is 11.6 Å². The second-order valence-corrected chi connectivity index (χ2v) is 5.16. The molecule has 0 aromatic heterocycles. The molecule has 0 aliphatic carbocycles. The molecule has 1 N–H and O–H groups in total. The number of piperazine rings is 1. The molecular formula is C13H18F2N2. The van der Waals surface area contributed by atoms with Crippen LogP contribution in [0, 0.1) is 11.6 Å². The van der Waals surface area contributed by atoms with Crippen LogP contribution in [0.1, 0.15) is 19.4 Å². The highest BCUT2D eigenvalue weighted by molar-refractivity contribution is 5.18. The molecule has 1 aromatic rings. The Hall–Kier alpha value is -1.00. The first-order valence-corrected chi connectivity index (χ1v) is 5.89. The maximum Gasteiger partial charge on any atom is 0.159 e. The lowest BCUT2D eigenvalue weighted by Crippen LogP contribution is -2.57. The van der Waals surface area contributed by atoms with E-state index in [1.165, 1.54) is 12.1 Å². The molecule has 1 aromatic carbocycles. The van der Waals surface area contributed by atoms with Crippen molar-refractivity contribution in [2.45, 2.75) is 25.9 Å². The summed E-state index contributed by atoms with van der Waals surface area (Å²) in [6.07, 6.45) is 0. The first-order valence-electron chi connectivity index (χ1n) is 5.89. The average molecular weight is 240 g/mol. The van der Waals surface area contributed by atoms with Gasteiger partial charge in [0.1, 0.15) is 0 Å². The van der Waals surface area contributed by atoms with Gasteiger partial charge in [0.2, 0.25) is 0 Å². The maximum atomic E-state index is 13.1. The highest BCUT2D eigenvalue weighted by Gasteiger charge is 2.29. The van der Waals surface area contributed by atoms with Gasteiger partial charge in [-0.1, -0.05) is 6.07 Å². The van der Waals surface area contributed by atoms with Crippen molar-refractivity contribution in [3.05, 3.63) is 35.4 Å². The second kappa shape index (κ2) is 4.70. The molecule has 1 heterocycles. The number of nitrogens with one attached hydrogen (secondary N) is 1. The molecule has 94 valence electrons. The maximum absolute atomic E-state index is 13.1. The summed E-state index contributed by atoms with van der Waals surface area (Å²) in [6, 6.07) is 4.13. The van der Waals surface area contributed by atoms with Crippen molar-refractivity contribution in [3.63, 3.8) is 0 Å². The summed E-state index contributed by atoms with van der Waals surface area (Å²) < 4.78 is 26.0. The zero-order valence-corrected chi connectivity index (χ0v) is 10.3. The van der Waals surface area contributed by atoms with Crippen LogP contribution in [0.4, 0.5) is 8.78 Å². The van der Waals surface area contributed by atoms with Gasteiger partial charge in [-0.15, -0.1) is 0 Å². The van der Waals surface area contributed by atoms with Gasteiger partial charge in [-0.3, -0.25) is 4.90 Å². The van der Waals surface area contributed by atoms with Crippen molar-refractivity contribution in [1.82, 2.24) is 10.2 Å². The van der Waals surface area contributed by atoms with Crippen LogP contribution < -0.4 is 5.32 Å². The lowest BCUT2D eigenvalue weighted by Gasteiger charge is -2.42. The van der Waals surface area contributed by atoms with Crippen LogP contribution in [0.3, 0.4) is 0 Å². The van der Waals surface area contributed by atoms with Gasteiger partial charge in [0.25, 0.3) is 0 Å². The molecule has 0 bridgehead atoms. The predicted molar refractivity (Wildman–Crippen MR) is 63.7 cm³/mol. The molecule has 0 saturated carbocycles. The van der Waals surface area contributed by atoms with Gasteiger partial charge in [0.15, 0.2) is 11.6 Å². The third kappa shape index (κ3) is 2.82. The van der Waals surface area contributed by atoms with Gasteiger partial charge in [-0.05, 0) is 31.5 Å². The Bertz CT molecular complexity index is 404. The summed E-state index contributed by atoms with van der Waals surface area (Å²) >= 11 is 0. The summed E-state index contributed by atoms with van der Waals surface area (Å²) in [5, 5.41) is 3.34. The summed E-state index contributed by atoms with van der Waals surface area (Å²) in [5.41, 5.74) is 0.863. The first kappa shape index (κ1) is 12.5. The molecule has 0 amide bonds. The van der Waals surface area contributed by atoms with E-state index in [0.29, 0.717) is 6.54 Å². The minimum Gasteiger partial charge on any atom is -0.314 e. The summed E-state index contributed by atoms with van der Waals surface area (Å²) in [6.45, 7) is 7.74. The zero-order valence-electron chi connectivity index (χ0n) is 10.3. The number of nitrogens with zero attached hydrogens (tertiary/aromatic N) is 1. The minimum atomic E-state index is -0.784. The second-order valence-electron chi connectivity index (χ2n) is 5.16. The smallest absolute Gasteiger partial charge is 0.159 e. The fraction of sp³-hybridized carbons (Fsp3) is 0.538. The van der Waals surface area contributed by atoms with Crippen LogP contribution in [0.5, 0.6) is 0 Å². The van der Waals surface area contributed by atoms with Crippen molar-refractivity contribution in [1.29, 1.82) is 0 Å². The molecule has 1 aliphatic rings. The monoisotopic (exact) mass is 240 g/mol. The van der Waals surface area contributed by atoms with E-state index in [-0.39, 0.29) is 5.54 Å². The fourth-order valence-corrected chi connectivity index (χ4v) is 2.17. The van der Waals surface area contributed by atoms with Gasteiger partial charge in [0.05, 0.1) is 0 Å². The van der Waals surface area contributed by atoms with E-state index in [1.807, 2.05) is 0 Å². The van der Waals surface area contributed by atoms with Gasteiger partial charge in [-0.2, -0.15) is 0 Å². The van der Waals surface area contributed by atoms with Gasteiger partial charge >= 0.3 is 0 Å². The van der Waals surface area contributed by atoms with Crippen LogP contribution in [-0.4, -0.2) is 30.1 Å². The number of benzene rings is 1. The van der Waals surface area contributed by atoms with Crippen LogP contribution in [0.2, 0.25) is 0 Å². The lowest BCUT2D eigenvalue weighted by molar-refractivity contribution is 0.0826. The number of hydrogen-bond donors (Lipinski definition) is 1. The minimum absolute atomic E-state index is 0.0448. The van der Waals surface area contributed by atoms with Gasteiger partial charge in [0, 0.05) is 31.7 Å². The molecule has 2 rings (SSSR count). The van der Waals surface area contributed by atoms with Gasteiger partial charge in [-0.25, -0.2) is 8.78 Å². The molecule has 4 heteroatoms. The molecule has 1 fully saturated rings. The number of rotatable bonds is 2. The Balaban J connectivity index is 2.11.